The highest BCUT2D eigenvalue weighted by atomic mass is 32.2. The maximum absolute atomic E-state index is 12.6. The van der Waals surface area contributed by atoms with E-state index >= 15 is 0 Å². The molecule has 0 aliphatic carbocycles. The van der Waals surface area contributed by atoms with E-state index in [-0.39, 0.29) is 17.0 Å². The molecule has 0 aliphatic heterocycles. The van der Waals surface area contributed by atoms with Crippen LogP contribution in [0.3, 0.4) is 0 Å². The molecule has 2 aromatic carbocycles. The van der Waals surface area contributed by atoms with Crippen molar-refractivity contribution in [3.8, 4) is 0 Å². The van der Waals surface area contributed by atoms with Gasteiger partial charge in [-0.1, -0.05) is 30.7 Å². The van der Waals surface area contributed by atoms with E-state index in [0.29, 0.717) is 5.69 Å². The number of amides is 1. The van der Waals surface area contributed by atoms with E-state index in [9.17, 15) is 18.0 Å². The Kier molecular flexibility index (Phi) is 6.22. The molecule has 0 aromatic heterocycles. The monoisotopic (exact) mass is 390 g/mol. The molecule has 0 fully saturated rings. The summed E-state index contributed by atoms with van der Waals surface area (Å²) < 4.78 is 27.6. The van der Waals surface area contributed by atoms with E-state index in [1.807, 2.05) is 6.92 Å². The van der Waals surface area contributed by atoms with Crippen LogP contribution in [-0.2, 0) is 14.8 Å². The summed E-state index contributed by atoms with van der Waals surface area (Å²) in [5.41, 5.74) is 1.59. The van der Waals surface area contributed by atoms with Crippen LogP contribution in [0.1, 0.15) is 22.8 Å². The highest BCUT2D eigenvalue weighted by molar-refractivity contribution is 7.92. The summed E-state index contributed by atoms with van der Waals surface area (Å²) in [6.45, 7) is 3.42. The molecular formula is C19H22N2O5S. The minimum atomic E-state index is -3.86. The van der Waals surface area contributed by atoms with Gasteiger partial charge in [-0.15, -0.1) is 0 Å². The van der Waals surface area contributed by atoms with E-state index in [2.05, 4.69) is 4.72 Å². The molecule has 0 radical (unpaired) electrons. The van der Waals surface area contributed by atoms with Crippen LogP contribution in [0.15, 0.2) is 53.4 Å². The molecule has 1 amide bonds. The number of carbonyl (C=O) groups excluding carboxylic acids is 1. The summed E-state index contributed by atoms with van der Waals surface area (Å²) in [5.74, 6) is -2.18. The predicted octanol–water partition coefficient (Wildman–Crippen LogP) is 2.59. The van der Waals surface area contributed by atoms with Crippen LogP contribution in [0.2, 0.25) is 0 Å². The fourth-order valence-electron chi connectivity index (χ4n) is 2.42. The van der Waals surface area contributed by atoms with E-state index < -0.39 is 27.8 Å². The first kappa shape index (κ1) is 20.4. The molecule has 0 saturated carbocycles. The Bertz CT molecular complexity index is 939. The lowest BCUT2D eigenvalue weighted by molar-refractivity contribution is -0.141. The Morgan fingerprint density at radius 3 is 2.37 bits per heavy atom. The van der Waals surface area contributed by atoms with Gasteiger partial charge in [0.1, 0.15) is 0 Å². The quantitative estimate of drug-likeness (QED) is 0.756. The van der Waals surface area contributed by atoms with Crippen LogP contribution in [0.4, 0.5) is 5.69 Å². The molecule has 7 nitrogen and oxygen atoms in total. The first-order chi connectivity index (χ1) is 12.6. The second-order valence-electron chi connectivity index (χ2n) is 6.42. The normalized spacial score (nSPS) is 12.3. The third kappa shape index (κ3) is 5.30. The lowest BCUT2D eigenvalue weighted by Gasteiger charge is -2.19. The van der Waals surface area contributed by atoms with E-state index in [1.165, 1.54) is 43.1 Å². The number of carboxylic acids is 1. The third-order valence-corrected chi connectivity index (χ3v) is 5.39. The SMILES string of the molecule is Cc1ccc(NS(=O)(=O)c2cccc(C(=O)N(C)CC(C)C(=O)O)c2)cc1. The van der Waals surface area contributed by atoms with Gasteiger partial charge < -0.3 is 10.0 Å². The largest absolute Gasteiger partial charge is 0.481 e. The molecular weight excluding hydrogens is 368 g/mol. The molecule has 0 heterocycles. The number of aliphatic carboxylic acids is 1. The molecule has 2 N–H and O–H groups in total. The average Bonchev–Trinajstić information content (AvgIpc) is 2.62. The number of hydrogen-bond donors (Lipinski definition) is 2. The first-order valence-electron chi connectivity index (χ1n) is 8.28. The van der Waals surface area contributed by atoms with Crippen LogP contribution in [0.5, 0.6) is 0 Å². The third-order valence-electron chi connectivity index (χ3n) is 4.01. The fourth-order valence-corrected chi connectivity index (χ4v) is 3.53. The molecule has 144 valence electrons. The van der Waals surface area contributed by atoms with Gasteiger partial charge in [-0.2, -0.15) is 0 Å². The number of carboxylic acid groups (broad SMARTS) is 1. The van der Waals surface area contributed by atoms with Crippen LogP contribution in [0.25, 0.3) is 0 Å². The molecule has 27 heavy (non-hydrogen) atoms. The van der Waals surface area contributed by atoms with Crippen molar-refractivity contribution in [2.75, 3.05) is 18.3 Å². The van der Waals surface area contributed by atoms with Crippen molar-refractivity contribution in [2.24, 2.45) is 5.92 Å². The molecule has 1 atom stereocenters. The lowest BCUT2D eigenvalue weighted by atomic mass is 10.1. The van der Waals surface area contributed by atoms with Crippen molar-refractivity contribution in [2.45, 2.75) is 18.7 Å². The molecule has 0 aliphatic rings. The van der Waals surface area contributed by atoms with Gasteiger partial charge in [-0.05, 0) is 37.3 Å². The summed E-state index contributed by atoms with van der Waals surface area (Å²) >= 11 is 0. The molecule has 1 unspecified atom stereocenters. The number of aryl methyl sites for hydroxylation is 1. The zero-order valence-electron chi connectivity index (χ0n) is 15.3. The zero-order chi connectivity index (χ0) is 20.2. The van der Waals surface area contributed by atoms with Gasteiger partial charge in [0.25, 0.3) is 15.9 Å². The van der Waals surface area contributed by atoms with Gasteiger partial charge in [-0.3, -0.25) is 14.3 Å². The number of sulfonamides is 1. The molecule has 2 rings (SSSR count). The highest BCUT2D eigenvalue weighted by Crippen LogP contribution is 2.18. The van der Waals surface area contributed by atoms with Crippen molar-refractivity contribution in [3.05, 3.63) is 59.7 Å². The van der Waals surface area contributed by atoms with Gasteiger partial charge >= 0.3 is 5.97 Å². The van der Waals surface area contributed by atoms with E-state index in [0.717, 1.165) is 5.56 Å². The number of rotatable bonds is 7. The van der Waals surface area contributed by atoms with Gasteiger partial charge in [0.15, 0.2) is 0 Å². The fraction of sp³-hybridized carbons (Fsp3) is 0.263. The number of anilines is 1. The lowest BCUT2D eigenvalue weighted by Crippen LogP contribution is -2.33. The number of carbonyl (C=O) groups is 2. The smallest absolute Gasteiger partial charge is 0.308 e. The predicted molar refractivity (Wildman–Crippen MR) is 102 cm³/mol. The van der Waals surface area contributed by atoms with Crippen molar-refractivity contribution >= 4 is 27.6 Å². The Morgan fingerprint density at radius 2 is 1.78 bits per heavy atom. The van der Waals surface area contributed by atoms with E-state index in [4.69, 9.17) is 5.11 Å². The van der Waals surface area contributed by atoms with Crippen LogP contribution < -0.4 is 4.72 Å². The van der Waals surface area contributed by atoms with Gasteiger partial charge in [0.2, 0.25) is 0 Å². The van der Waals surface area contributed by atoms with Crippen molar-refractivity contribution in [1.29, 1.82) is 0 Å². The summed E-state index contributed by atoms with van der Waals surface area (Å²) in [6.07, 6.45) is 0. The second kappa shape index (κ2) is 8.22. The molecule has 0 bridgehead atoms. The Balaban J connectivity index is 2.21. The van der Waals surface area contributed by atoms with Gasteiger partial charge in [0.05, 0.1) is 10.8 Å². The topological polar surface area (TPSA) is 104 Å². The minimum absolute atomic E-state index is 0.0206. The zero-order valence-corrected chi connectivity index (χ0v) is 16.2. The summed E-state index contributed by atoms with van der Waals surface area (Å²) in [4.78, 5) is 24.7. The minimum Gasteiger partial charge on any atom is -0.481 e. The van der Waals surface area contributed by atoms with Crippen LogP contribution in [0, 0.1) is 12.8 Å². The van der Waals surface area contributed by atoms with Crippen molar-refractivity contribution in [1.82, 2.24) is 4.90 Å². The van der Waals surface area contributed by atoms with Crippen molar-refractivity contribution in [3.63, 3.8) is 0 Å². The summed E-state index contributed by atoms with van der Waals surface area (Å²) in [7, 11) is -2.38. The highest BCUT2D eigenvalue weighted by Gasteiger charge is 2.21. The Hall–Kier alpha value is -2.87. The number of hydrogen-bond acceptors (Lipinski definition) is 4. The summed E-state index contributed by atoms with van der Waals surface area (Å²) in [6, 6.07) is 12.5. The Morgan fingerprint density at radius 1 is 1.15 bits per heavy atom. The van der Waals surface area contributed by atoms with E-state index in [1.54, 1.807) is 24.3 Å². The average molecular weight is 390 g/mol. The molecule has 0 saturated heterocycles. The van der Waals surface area contributed by atoms with Crippen molar-refractivity contribution < 1.29 is 23.1 Å². The second-order valence-corrected chi connectivity index (χ2v) is 8.11. The first-order valence-corrected chi connectivity index (χ1v) is 9.76. The van der Waals surface area contributed by atoms with Crippen LogP contribution in [-0.4, -0.2) is 43.9 Å². The molecule has 0 spiro atoms. The molecule has 8 heteroatoms. The number of nitrogens with one attached hydrogen (secondary N) is 1. The van der Waals surface area contributed by atoms with Crippen LogP contribution >= 0.6 is 0 Å². The maximum atomic E-state index is 12.6. The maximum Gasteiger partial charge on any atom is 0.308 e. The Labute approximate surface area is 158 Å². The van der Waals surface area contributed by atoms with Gasteiger partial charge in [-0.25, -0.2) is 8.42 Å². The standard InChI is InChI=1S/C19H22N2O5S/c1-13-7-9-16(10-8-13)20-27(25,26)17-6-4-5-15(11-17)18(22)21(3)12-14(2)19(23)24/h4-11,14,20H,12H2,1-3H3,(H,23,24). The number of nitrogens with zero attached hydrogens (tertiary/aromatic N) is 1. The summed E-state index contributed by atoms with van der Waals surface area (Å²) in [5, 5.41) is 8.97. The molecule has 2 aromatic rings. The number of benzene rings is 2. The van der Waals surface area contributed by atoms with Gasteiger partial charge in [0, 0.05) is 24.8 Å².